The van der Waals surface area contributed by atoms with Crippen LogP contribution in [0.25, 0.3) is 0 Å². The summed E-state index contributed by atoms with van der Waals surface area (Å²) in [6.07, 6.45) is 0.417. The van der Waals surface area contributed by atoms with E-state index in [4.69, 9.17) is 33.0 Å². The molecule has 0 saturated carbocycles. The SMILES string of the molecule is Clc1ccc2c(c1)[C@@H]1CC(c3ccccc3)=NN1[C@H](c1ccccc1Cl)O2. The summed E-state index contributed by atoms with van der Waals surface area (Å²) in [6, 6.07) is 23.8. The van der Waals surface area contributed by atoms with Gasteiger partial charge in [0, 0.05) is 27.6 Å². The van der Waals surface area contributed by atoms with Crippen LogP contribution in [0.15, 0.2) is 77.9 Å². The molecule has 0 bridgehead atoms. The van der Waals surface area contributed by atoms with Gasteiger partial charge in [0.1, 0.15) is 5.75 Å². The Morgan fingerprint density at radius 1 is 0.889 bits per heavy atom. The van der Waals surface area contributed by atoms with Crippen LogP contribution in [0.4, 0.5) is 0 Å². The van der Waals surface area contributed by atoms with Gasteiger partial charge in [-0.25, -0.2) is 5.01 Å². The Morgan fingerprint density at radius 2 is 1.67 bits per heavy atom. The second kappa shape index (κ2) is 6.59. The minimum Gasteiger partial charge on any atom is -0.464 e. The van der Waals surface area contributed by atoms with Crippen molar-refractivity contribution in [1.82, 2.24) is 5.01 Å². The molecule has 0 fully saturated rings. The van der Waals surface area contributed by atoms with Crippen LogP contribution in [0.2, 0.25) is 10.0 Å². The molecular weight excluding hydrogens is 379 g/mol. The maximum atomic E-state index is 6.48. The summed E-state index contributed by atoms with van der Waals surface area (Å²) in [6.45, 7) is 0. The fourth-order valence-electron chi connectivity index (χ4n) is 3.74. The molecule has 2 heterocycles. The molecule has 0 N–H and O–H groups in total. The number of hydrogen-bond donors (Lipinski definition) is 0. The number of hydrogen-bond acceptors (Lipinski definition) is 3. The summed E-state index contributed by atoms with van der Waals surface area (Å²) in [7, 11) is 0. The first-order valence-electron chi connectivity index (χ1n) is 8.82. The van der Waals surface area contributed by atoms with E-state index < -0.39 is 0 Å². The highest BCUT2D eigenvalue weighted by Crippen LogP contribution is 2.49. The predicted molar refractivity (Wildman–Crippen MR) is 108 cm³/mol. The monoisotopic (exact) mass is 394 g/mol. The molecule has 2 aliphatic heterocycles. The Balaban J connectivity index is 1.64. The average Bonchev–Trinajstić information content (AvgIpc) is 3.15. The fraction of sp³-hybridized carbons (Fsp3) is 0.136. The van der Waals surface area contributed by atoms with Crippen molar-refractivity contribution in [3.8, 4) is 5.75 Å². The zero-order chi connectivity index (χ0) is 18.4. The van der Waals surface area contributed by atoms with Gasteiger partial charge in [-0.05, 0) is 29.8 Å². The smallest absolute Gasteiger partial charge is 0.215 e. The van der Waals surface area contributed by atoms with Gasteiger partial charge < -0.3 is 4.74 Å². The van der Waals surface area contributed by atoms with Gasteiger partial charge in [-0.2, -0.15) is 5.10 Å². The van der Waals surface area contributed by atoms with Crippen molar-refractivity contribution in [1.29, 1.82) is 0 Å². The van der Waals surface area contributed by atoms with Gasteiger partial charge in [-0.1, -0.05) is 71.7 Å². The molecule has 0 amide bonds. The van der Waals surface area contributed by atoms with Crippen LogP contribution in [-0.4, -0.2) is 10.7 Å². The zero-order valence-electron chi connectivity index (χ0n) is 14.3. The van der Waals surface area contributed by atoms with Crippen molar-refractivity contribution >= 4 is 28.9 Å². The lowest BCUT2D eigenvalue weighted by molar-refractivity contribution is -0.0189. The number of rotatable bonds is 2. The van der Waals surface area contributed by atoms with Crippen LogP contribution in [0, 0.1) is 0 Å². The second-order valence-electron chi connectivity index (χ2n) is 6.69. The molecule has 0 spiro atoms. The van der Waals surface area contributed by atoms with Gasteiger partial charge in [0.2, 0.25) is 6.23 Å². The normalized spacial score (nSPS) is 20.5. The maximum Gasteiger partial charge on any atom is 0.215 e. The number of ether oxygens (including phenoxy) is 1. The first kappa shape index (κ1) is 16.7. The van der Waals surface area contributed by atoms with Gasteiger partial charge in [0.15, 0.2) is 0 Å². The Labute approximate surface area is 167 Å². The average molecular weight is 395 g/mol. The molecule has 0 aliphatic carbocycles. The van der Waals surface area contributed by atoms with E-state index in [9.17, 15) is 0 Å². The summed E-state index contributed by atoms with van der Waals surface area (Å²) in [5.74, 6) is 0.829. The minimum absolute atomic E-state index is 0.0592. The summed E-state index contributed by atoms with van der Waals surface area (Å²) in [4.78, 5) is 0. The number of halogens is 2. The molecule has 5 rings (SSSR count). The van der Waals surface area contributed by atoms with Gasteiger partial charge in [0.05, 0.1) is 11.8 Å². The third kappa shape index (κ3) is 2.88. The minimum atomic E-state index is -0.376. The molecule has 5 heteroatoms. The summed E-state index contributed by atoms with van der Waals surface area (Å²) < 4.78 is 6.33. The standard InChI is InChI=1S/C22H16Cl2N2O/c23-15-10-11-21-17(12-15)20-13-19(14-6-2-1-3-7-14)25-26(20)22(27-21)16-8-4-5-9-18(16)24/h1-12,20,22H,13H2/t20-,22-/m0/s1. The molecule has 134 valence electrons. The molecule has 27 heavy (non-hydrogen) atoms. The summed E-state index contributed by atoms with van der Waals surface area (Å²) in [5, 5.41) is 8.31. The van der Waals surface area contributed by atoms with Crippen molar-refractivity contribution < 1.29 is 4.74 Å². The topological polar surface area (TPSA) is 24.8 Å². The van der Waals surface area contributed by atoms with Gasteiger partial charge in [-0.15, -0.1) is 0 Å². The Kier molecular flexibility index (Phi) is 4.07. The summed E-state index contributed by atoms with van der Waals surface area (Å²) in [5.41, 5.74) is 4.12. The van der Waals surface area contributed by atoms with E-state index in [1.807, 2.05) is 65.7 Å². The van der Waals surface area contributed by atoms with Gasteiger partial charge in [-0.3, -0.25) is 0 Å². The van der Waals surface area contributed by atoms with Crippen LogP contribution < -0.4 is 4.74 Å². The first-order valence-corrected chi connectivity index (χ1v) is 9.58. The predicted octanol–water partition coefficient (Wildman–Crippen LogP) is 6.24. The van der Waals surface area contributed by atoms with Crippen LogP contribution >= 0.6 is 23.2 Å². The van der Waals surface area contributed by atoms with Crippen molar-refractivity contribution in [2.45, 2.75) is 18.7 Å². The Hall–Kier alpha value is -2.49. The van der Waals surface area contributed by atoms with Crippen molar-refractivity contribution in [3.63, 3.8) is 0 Å². The van der Waals surface area contributed by atoms with E-state index in [0.717, 1.165) is 34.6 Å². The third-order valence-electron chi connectivity index (χ3n) is 5.03. The van der Waals surface area contributed by atoms with E-state index in [1.165, 1.54) is 0 Å². The molecule has 2 atom stereocenters. The molecular formula is C22H16Cl2N2O. The fourth-order valence-corrected chi connectivity index (χ4v) is 4.15. The second-order valence-corrected chi connectivity index (χ2v) is 7.53. The Morgan fingerprint density at radius 3 is 2.48 bits per heavy atom. The molecule has 3 nitrogen and oxygen atoms in total. The molecule has 2 aliphatic rings. The van der Waals surface area contributed by atoms with Crippen LogP contribution in [0.3, 0.4) is 0 Å². The Bertz CT molecular complexity index is 1040. The molecule has 3 aromatic carbocycles. The van der Waals surface area contributed by atoms with Crippen LogP contribution in [0.5, 0.6) is 5.75 Å². The lowest BCUT2D eigenvalue weighted by Gasteiger charge is -2.38. The molecule has 0 unspecified atom stereocenters. The molecule has 3 aromatic rings. The van der Waals surface area contributed by atoms with E-state index in [2.05, 4.69) is 12.1 Å². The zero-order valence-corrected chi connectivity index (χ0v) is 15.9. The quantitative estimate of drug-likeness (QED) is 0.513. The number of fused-ring (bicyclic) bond motifs is 3. The number of nitrogens with zero attached hydrogens (tertiary/aromatic N) is 2. The van der Waals surface area contributed by atoms with Crippen LogP contribution in [0.1, 0.15) is 35.4 Å². The maximum absolute atomic E-state index is 6.48. The first-order chi connectivity index (χ1) is 13.2. The molecule has 0 aromatic heterocycles. The molecule has 0 radical (unpaired) electrons. The van der Waals surface area contributed by atoms with Crippen molar-refractivity contribution in [3.05, 3.63) is 99.5 Å². The van der Waals surface area contributed by atoms with Gasteiger partial charge in [0.25, 0.3) is 0 Å². The highest BCUT2D eigenvalue weighted by atomic mass is 35.5. The van der Waals surface area contributed by atoms with E-state index in [0.29, 0.717) is 10.0 Å². The van der Waals surface area contributed by atoms with Crippen molar-refractivity contribution in [2.75, 3.05) is 0 Å². The highest BCUT2D eigenvalue weighted by Gasteiger charge is 2.41. The van der Waals surface area contributed by atoms with Crippen LogP contribution in [-0.2, 0) is 0 Å². The number of hydrazone groups is 1. The lowest BCUT2D eigenvalue weighted by atomic mass is 9.96. The van der Waals surface area contributed by atoms with Crippen molar-refractivity contribution in [2.24, 2.45) is 5.10 Å². The van der Waals surface area contributed by atoms with E-state index in [-0.39, 0.29) is 12.3 Å². The summed E-state index contributed by atoms with van der Waals surface area (Å²) >= 11 is 12.7. The largest absolute Gasteiger partial charge is 0.464 e. The lowest BCUT2D eigenvalue weighted by Crippen LogP contribution is -2.33. The van der Waals surface area contributed by atoms with E-state index in [1.54, 1.807) is 0 Å². The number of benzene rings is 3. The van der Waals surface area contributed by atoms with Gasteiger partial charge >= 0.3 is 0 Å². The highest BCUT2D eigenvalue weighted by molar-refractivity contribution is 6.31. The third-order valence-corrected chi connectivity index (χ3v) is 5.61. The van der Waals surface area contributed by atoms with E-state index >= 15 is 0 Å². The molecule has 0 saturated heterocycles.